The summed E-state index contributed by atoms with van der Waals surface area (Å²) in [5.41, 5.74) is 0. The third-order valence-electron chi connectivity index (χ3n) is 3.55. The van der Waals surface area contributed by atoms with Crippen molar-refractivity contribution >= 4 is 11.9 Å². The number of hydrogen-bond acceptors (Lipinski definition) is 4. The molecule has 0 N–H and O–H groups in total. The molecule has 0 saturated carbocycles. The molecule has 1 atom stereocenters. The third kappa shape index (κ3) is 9.77. The molecule has 0 aromatic rings. The minimum Gasteiger partial charge on any atom is -0.469 e. The number of rotatable bonds is 13. The van der Waals surface area contributed by atoms with Gasteiger partial charge in [0.15, 0.2) is 0 Å². The van der Waals surface area contributed by atoms with Gasteiger partial charge in [-0.05, 0) is 19.3 Å². The Labute approximate surface area is 135 Å². The largest absolute Gasteiger partial charge is 0.469 e. The molecule has 0 bridgehead atoms. The third-order valence-corrected chi connectivity index (χ3v) is 3.55. The Balaban J connectivity index is 4.27. The molecule has 22 heavy (non-hydrogen) atoms. The second kappa shape index (κ2) is 13.6. The van der Waals surface area contributed by atoms with E-state index in [2.05, 4.69) is 13.8 Å². The van der Waals surface area contributed by atoms with Crippen LogP contribution in [0.4, 0.5) is 0 Å². The van der Waals surface area contributed by atoms with E-state index in [1.807, 2.05) is 0 Å². The van der Waals surface area contributed by atoms with Gasteiger partial charge in [-0.3, -0.25) is 9.59 Å². The van der Waals surface area contributed by atoms with Gasteiger partial charge >= 0.3 is 5.97 Å². The van der Waals surface area contributed by atoms with Crippen LogP contribution in [0.5, 0.6) is 0 Å². The monoisotopic (exact) mass is 315 g/mol. The van der Waals surface area contributed by atoms with E-state index in [0.29, 0.717) is 26.1 Å². The van der Waals surface area contributed by atoms with Crippen molar-refractivity contribution in [3.05, 3.63) is 0 Å². The second-order valence-corrected chi connectivity index (χ2v) is 5.69. The molecule has 1 unspecified atom stereocenters. The first-order chi connectivity index (χ1) is 10.6. The number of methoxy groups -OCH3 is 1. The van der Waals surface area contributed by atoms with Crippen molar-refractivity contribution in [1.82, 2.24) is 4.90 Å². The highest BCUT2D eigenvalue weighted by molar-refractivity contribution is 5.77. The molecule has 0 fully saturated rings. The van der Waals surface area contributed by atoms with Gasteiger partial charge in [-0.2, -0.15) is 0 Å². The molecule has 0 aromatic heterocycles. The van der Waals surface area contributed by atoms with Gasteiger partial charge in [-0.25, -0.2) is 0 Å². The Kier molecular flexibility index (Phi) is 12.9. The summed E-state index contributed by atoms with van der Waals surface area (Å²) in [5, 5.41) is 0. The van der Waals surface area contributed by atoms with Gasteiger partial charge < -0.3 is 14.4 Å². The summed E-state index contributed by atoms with van der Waals surface area (Å²) in [4.78, 5) is 25.6. The SMILES string of the molecule is CCCCOCCCN(CC(C)C(=O)OC)C(=O)CCCC. The van der Waals surface area contributed by atoms with Crippen molar-refractivity contribution in [2.75, 3.05) is 33.4 Å². The highest BCUT2D eigenvalue weighted by atomic mass is 16.5. The lowest BCUT2D eigenvalue weighted by atomic mass is 10.1. The average molecular weight is 315 g/mol. The fourth-order valence-corrected chi connectivity index (χ4v) is 2.12. The first kappa shape index (κ1) is 20.9. The maximum absolute atomic E-state index is 12.2. The molecule has 0 radical (unpaired) electrons. The molecule has 0 aliphatic heterocycles. The minimum atomic E-state index is -0.295. The maximum Gasteiger partial charge on any atom is 0.310 e. The molecule has 130 valence electrons. The van der Waals surface area contributed by atoms with Crippen LogP contribution in [0, 0.1) is 5.92 Å². The number of carbonyl (C=O) groups is 2. The van der Waals surface area contributed by atoms with Gasteiger partial charge in [-0.15, -0.1) is 0 Å². The predicted molar refractivity (Wildman–Crippen MR) is 87.6 cm³/mol. The van der Waals surface area contributed by atoms with E-state index in [4.69, 9.17) is 9.47 Å². The summed E-state index contributed by atoms with van der Waals surface area (Å²) < 4.78 is 10.3. The molecule has 0 heterocycles. The molecule has 5 nitrogen and oxygen atoms in total. The van der Waals surface area contributed by atoms with Crippen LogP contribution in [0.2, 0.25) is 0 Å². The van der Waals surface area contributed by atoms with E-state index in [9.17, 15) is 9.59 Å². The summed E-state index contributed by atoms with van der Waals surface area (Å²) in [7, 11) is 1.38. The molecule has 1 amide bonds. The smallest absolute Gasteiger partial charge is 0.310 e. The van der Waals surface area contributed by atoms with Crippen LogP contribution >= 0.6 is 0 Å². The van der Waals surface area contributed by atoms with Crippen molar-refractivity contribution in [1.29, 1.82) is 0 Å². The number of unbranched alkanes of at least 4 members (excludes halogenated alkanes) is 2. The van der Waals surface area contributed by atoms with Crippen LogP contribution < -0.4 is 0 Å². The zero-order valence-electron chi connectivity index (χ0n) is 14.7. The topological polar surface area (TPSA) is 55.8 Å². The number of nitrogens with zero attached hydrogens (tertiary/aromatic N) is 1. The molecule has 0 rings (SSSR count). The van der Waals surface area contributed by atoms with Crippen molar-refractivity contribution in [3.8, 4) is 0 Å². The van der Waals surface area contributed by atoms with Gasteiger partial charge in [-0.1, -0.05) is 33.6 Å². The summed E-state index contributed by atoms with van der Waals surface area (Å²) in [5.74, 6) is -0.449. The van der Waals surface area contributed by atoms with Crippen LogP contribution in [-0.4, -0.2) is 50.2 Å². The van der Waals surface area contributed by atoms with E-state index in [1.54, 1.807) is 11.8 Å². The summed E-state index contributed by atoms with van der Waals surface area (Å²) in [6.45, 7) is 8.48. The Morgan fingerprint density at radius 2 is 1.68 bits per heavy atom. The van der Waals surface area contributed by atoms with Crippen LogP contribution in [0.25, 0.3) is 0 Å². The van der Waals surface area contributed by atoms with E-state index in [-0.39, 0.29) is 17.8 Å². The Hall–Kier alpha value is -1.10. The number of ether oxygens (including phenoxy) is 2. The maximum atomic E-state index is 12.2. The number of hydrogen-bond donors (Lipinski definition) is 0. The molecule has 0 aliphatic carbocycles. The zero-order valence-corrected chi connectivity index (χ0v) is 14.7. The van der Waals surface area contributed by atoms with Gasteiger partial charge in [0.2, 0.25) is 5.91 Å². The van der Waals surface area contributed by atoms with Gasteiger partial charge in [0.25, 0.3) is 0 Å². The normalized spacial score (nSPS) is 12.0. The predicted octanol–water partition coefficient (Wildman–Crippen LogP) is 3.02. The molecular formula is C17H33NO4. The summed E-state index contributed by atoms with van der Waals surface area (Å²) in [6, 6.07) is 0. The first-order valence-electron chi connectivity index (χ1n) is 8.50. The fourth-order valence-electron chi connectivity index (χ4n) is 2.12. The lowest BCUT2D eigenvalue weighted by molar-refractivity contribution is -0.146. The zero-order chi connectivity index (χ0) is 16.8. The van der Waals surface area contributed by atoms with Crippen molar-refractivity contribution in [3.63, 3.8) is 0 Å². The molecule has 0 saturated heterocycles. The number of esters is 1. The molecule has 0 aromatic carbocycles. The molecule has 0 aliphatic rings. The lowest BCUT2D eigenvalue weighted by Crippen LogP contribution is -2.38. The van der Waals surface area contributed by atoms with Crippen molar-refractivity contribution < 1.29 is 19.1 Å². The van der Waals surface area contributed by atoms with Crippen molar-refractivity contribution in [2.45, 2.75) is 59.3 Å². The van der Waals surface area contributed by atoms with Crippen molar-refractivity contribution in [2.24, 2.45) is 5.92 Å². The standard InChI is InChI=1S/C17H33NO4/c1-5-7-10-16(19)18(14-15(3)17(20)21-4)11-9-13-22-12-8-6-2/h15H,5-14H2,1-4H3. The highest BCUT2D eigenvalue weighted by Crippen LogP contribution is 2.08. The lowest BCUT2D eigenvalue weighted by Gasteiger charge is -2.25. The average Bonchev–Trinajstić information content (AvgIpc) is 2.53. The Morgan fingerprint density at radius 3 is 2.27 bits per heavy atom. The molecular weight excluding hydrogens is 282 g/mol. The number of amides is 1. The van der Waals surface area contributed by atoms with Gasteiger partial charge in [0.05, 0.1) is 13.0 Å². The fraction of sp³-hybridized carbons (Fsp3) is 0.882. The summed E-state index contributed by atoms with van der Waals surface area (Å²) in [6.07, 6.45) is 5.41. The van der Waals surface area contributed by atoms with Crippen LogP contribution in [0.1, 0.15) is 59.3 Å². The number of carbonyl (C=O) groups excluding carboxylic acids is 2. The van der Waals surface area contributed by atoms with E-state index in [1.165, 1.54) is 7.11 Å². The molecule has 0 spiro atoms. The van der Waals surface area contributed by atoms with E-state index >= 15 is 0 Å². The van der Waals surface area contributed by atoms with Gasteiger partial charge in [0, 0.05) is 32.7 Å². The quantitative estimate of drug-likeness (QED) is 0.387. The van der Waals surface area contributed by atoms with Crippen LogP contribution in [-0.2, 0) is 19.1 Å². The van der Waals surface area contributed by atoms with Crippen LogP contribution in [0.3, 0.4) is 0 Å². The summed E-state index contributed by atoms with van der Waals surface area (Å²) >= 11 is 0. The second-order valence-electron chi connectivity index (χ2n) is 5.69. The molecule has 5 heteroatoms. The van der Waals surface area contributed by atoms with Gasteiger partial charge in [0.1, 0.15) is 0 Å². The highest BCUT2D eigenvalue weighted by Gasteiger charge is 2.20. The van der Waals surface area contributed by atoms with E-state index < -0.39 is 0 Å². The van der Waals surface area contributed by atoms with Crippen LogP contribution in [0.15, 0.2) is 0 Å². The Bertz CT molecular complexity index is 307. The Morgan fingerprint density at radius 1 is 1.05 bits per heavy atom. The minimum absolute atomic E-state index is 0.117. The van der Waals surface area contributed by atoms with E-state index in [0.717, 1.165) is 38.7 Å². The first-order valence-corrected chi connectivity index (χ1v) is 8.50.